The van der Waals surface area contributed by atoms with Crippen molar-refractivity contribution in [2.24, 2.45) is 0 Å². The topological polar surface area (TPSA) is 59.0 Å². The van der Waals surface area contributed by atoms with Gasteiger partial charge in [-0.05, 0) is 31.7 Å². The molecule has 1 aliphatic heterocycles. The van der Waals surface area contributed by atoms with Crippen molar-refractivity contribution in [2.45, 2.75) is 148 Å². The average Bonchev–Trinajstić information content (AvgIpc) is 2.81. The second kappa shape index (κ2) is 22.3. The van der Waals surface area contributed by atoms with Crippen molar-refractivity contribution in [3.8, 4) is 0 Å². The van der Waals surface area contributed by atoms with Crippen LogP contribution in [0, 0.1) is 0 Å². The van der Waals surface area contributed by atoms with Crippen molar-refractivity contribution in [1.29, 1.82) is 0 Å². The predicted molar refractivity (Wildman–Crippen MR) is 149 cm³/mol. The number of hydroxylamine groups is 1. The van der Waals surface area contributed by atoms with Gasteiger partial charge < -0.3 is 9.84 Å². The van der Waals surface area contributed by atoms with Crippen LogP contribution in [-0.4, -0.2) is 49.5 Å². The Morgan fingerprint density at radius 3 is 2.24 bits per heavy atom. The first-order valence-corrected chi connectivity index (χ1v) is 17.2. The van der Waals surface area contributed by atoms with Crippen molar-refractivity contribution in [3.05, 3.63) is 0 Å². The van der Waals surface area contributed by atoms with Gasteiger partial charge in [0.2, 0.25) is 0 Å². The van der Waals surface area contributed by atoms with Crippen molar-refractivity contribution < 1.29 is 19.5 Å². The third-order valence-electron chi connectivity index (χ3n) is 6.55. The minimum absolute atomic E-state index is 0.258. The van der Waals surface area contributed by atoms with Gasteiger partial charge in [-0.15, -0.1) is 0 Å². The van der Waals surface area contributed by atoms with Crippen molar-refractivity contribution in [1.82, 2.24) is 4.73 Å². The summed E-state index contributed by atoms with van der Waals surface area (Å²) in [7, 11) is -0.504. The first-order valence-electron chi connectivity index (χ1n) is 14.6. The summed E-state index contributed by atoms with van der Waals surface area (Å²) < 4.78 is 8.02. The van der Waals surface area contributed by atoms with Crippen LogP contribution in [0.2, 0.25) is 6.04 Å². The zero-order chi connectivity index (χ0) is 24.7. The summed E-state index contributed by atoms with van der Waals surface area (Å²) in [5.74, 6) is -0.828. The highest BCUT2D eigenvalue weighted by Crippen LogP contribution is 2.23. The molecule has 1 saturated heterocycles. The summed E-state index contributed by atoms with van der Waals surface area (Å²) in [6.45, 7) is 5.81. The molecule has 1 atom stereocenters. The van der Waals surface area contributed by atoms with Crippen LogP contribution >= 0.6 is 11.8 Å². The van der Waals surface area contributed by atoms with Gasteiger partial charge in [0.1, 0.15) is 9.68 Å². The molecule has 7 heteroatoms. The van der Waals surface area contributed by atoms with Gasteiger partial charge in [-0.2, -0.15) is 0 Å². The Kier molecular flexibility index (Phi) is 21.0. The van der Waals surface area contributed by atoms with Gasteiger partial charge in [-0.25, -0.2) is 9.57 Å². The number of carbonyl (C=O) groups excluding carboxylic acids is 1. The molecule has 1 fully saturated rings. The summed E-state index contributed by atoms with van der Waals surface area (Å²) in [6.07, 6.45) is 21.6. The molecule has 0 aliphatic carbocycles. The summed E-state index contributed by atoms with van der Waals surface area (Å²) in [5.41, 5.74) is 0. The highest BCUT2D eigenvalue weighted by atomic mass is 32.2. The molecule has 1 N–H and O–H groups in total. The molecule has 0 aromatic carbocycles. The Balaban J connectivity index is 2.33. The van der Waals surface area contributed by atoms with Gasteiger partial charge in [0.05, 0.1) is 6.61 Å². The molecule has 0 aromatic rings. The lowest BCUT2D eigenvalue weighted by atomic mass is 10.1. The van der Waals surface area contributed by atoms with E-state index >= 15 is 0 Å². The lowest BCUT2D eigenvalue weighted by Gasteiger charge is -2.34. The number of ether oxygens (including phenoxy) is 1. The fourth-order valence-corrected chi connectivity index (χ4v) is 6.83. The van der Waals surface area contributed by atoms with E-state index in [4.69, 9.17) is 9.57 Å². The third kappa shape index (κ3) is 18.4. The largest absolute Gasteiger partial charge is 0.342 e. The minimum atomic E-state index is -1.54. The van der Waals surface area contributed by atoms with Crippen LogP contribution in [-0.2, 0) is 14.4 Å². The second-order valence-corrected chi connectivity index (χ2v) is 13.0. The zero-order valence-electron chi connectivity index (χ0n) is 22.5. The van der Waals surface area contributed by atoms with E-state index < -0.39 is 15.7 Å². The number of rotatable bonds is 21. The molecular formula is C27H55NO4SSi. The Morgan fingerprint density at radius 2 is 1.53 bits per heavy atom. The van der Waals surface area contributed by atoms with Crippen molar-refractivity contribution in [2.75, 3.05) is 18.9 Å². The molecule has 0 aromatic heterocycles. The quantitative estimate of drug-likeness (QED) is 0.0994. The summed E-state index contributed by atoms with van der Waals surface area (Å²) in [4.78, 5) is 18.0. The van der Waals surface area contributed by atoms with Crippen LogP contribution in [0.4, 0.5) is 0 Å². The van der Waals surface area contributed by atoms with E-state index in [0.717, 1.165) is 38.6 Å². The smallest absolute Gasteiger partial charge is 0.296 e. The van der Waals surface area contributed by atoms with Crippen LogP contribution in [0.5, 0.6) is 0 Å². The molecule has 202 valence electrons. The summed E-state index contributed by atoms with van der Waals surface area (Å²) >= 11 is 1.39. The van der Waals surface area contributed by atoms with Crippen LogP contribution in [0.3, 0.4) is 0 Å². The molecule has 0 saturated carbocycles. The maximum atomic E-state index is 11.9. The first-order chi connectivity index (χ1) is 16.6. The molecule has 34 heavy (non-hydrogen) atoms. The second-order valence-electron chi connectivity index (χ2n) is 9.96. The number of thioether (sulfide) groups is 1. The average molecular weight is 518 g/mol. The normalized spacial score (nSPS) is 18.0. The van der Waals surface area contributed by atoms with E-state index in [-0.39, 0.29) is 5.12 Å². The van der Waals surface area contributed by atoms with E-state index in [2.05, 4.69) is 18.6 Å². The van der Waals surface area contributed by atoms with Gasteiger partial charge in [0, 0.05) is 25.1 Å². The molecule has 0 radical (unpaired) electrons. The SMILES string of the molecule is CCCCCCCCCCCCOC(O)(CCCSC(=O)CCCC)ON1CCCCCC[SiH2]1. The first kappa shape index (κ1) is 32.1. The van der Waals surface area contributed by atoms with E-state index in [1.54, 1.807) is 0 Å². The lowest BCUT2D eigenvalue weighted by molar-refractivity contribution is -0.419. The zero-order valence-corrected chi connectivity index (χ0v) is 24.7. The molecule has 1 aliphatic rings. The van der Waals surface area contributed by atoms with Crippen LogP contribution < -0.4 is 0 Å². The van der Waals surface area contributed by atoms with Crippen molar-refractivity contribution >= 4 is 26.6 Å². The standard InChI is InChI=1S/C27H55NO4SSi/c1-3-5-7-8-9-10-11-12-14-17-23-31-27(30,21-19-24-33-26(29)20-6-4-2)32-28-22-16-13-15-18-25-34-28/h30H,3-25,34H2,1-2H3. The highest BCUT2D eigenvalue weighted by molar-refractivity contribution is 8.13. The Hall–Kier alpha value is 0.0769. The van der Waals surface area contributed by atoms with Crippen molar-refractivity contribution in [3.63, 3.8) is 0 Å². The number of unbranched alkanes of at least 4 members (excludes halogenated alkanes) is 10. The molecule has 0 amide bonds. The molecule has 0 spiro atoms. The van der Waals surface area contributed by atoms with Gasteiger partial charge in [-0.1, -0.05) is 109 Å². The monoisotopic (exact) mass is 517 g/mol. The van der Waals surface area contributed by atoms with Crippen LogP contribution in [0.15, 0.2) is 0 Å². The van der Waals surface area contributed by atoms with Gasteiger partial charge in [0.25, 0.3) is 5.97 Å². The number of hydrogen-bond acceptors (Lipinski definition) is 6. The molecular weight excluding hydrogens is 462 g/mol. The predicted octanol–water partition coefficient (Wildman–Crippen LogP) is 7.11. The molecule has 0 bridgehead atoms. The summed E-state index contributed by atoms with van der Waals surface area (Å²) in [5, 5.41) is 11.5. The lowest BCUT2D eigenvalue weighted by Crippen LogP contribution is -2.45. The van der Waals surface area contributed by atoms with Crippen LogP contribution in [0.1, 0.15) is 136 Å². The van der Waals surface area contributed by atoms with Crippen LogP contribution in [0.25, 0.3) is 0 Å². The maximum Gasteiger partial charge on any atom is 0.296 e. The summed E-state index contributed by atoms with van der Waals surface area (Å²) in [6, 6.07) is 1.23. The van der Waals surface area contributed by atoms with Gasteiger partial charge in [-0.3, -0.25) is 4.79 Å². The third-order valence-corrected chi connectivity index (χ3v) is 9.33. The fraction of sp³-hybridized carbons (Fsp3) is 0.963. The number of carbonyl (C=O) groups is 1. The molecule has 1 rings (SSSR count). The van der Waals surface area contributed by atoms with Gasteiger partial charge in [0.15, 0.2) is 5.12 Å². The van der Waals surface area contributed by atoms with E-state index in [1.165, 1.54) is 88.4 Å². The molecule has 1 heterocycles. The van der Waals surface area contributed by atoms with E-state index in [1.807, 2.05) is 0 Å². The van der Waals surface area contributed by atoms with E-state index in [0.29, 0.717) is 31.6 Å². The Morgan fingerprint density at radius 1 is 0.882 bits per heavy atom. The fourth-order valence-electron chi connectivity index (χ4n) is 4.35. The Labute approximate surface area is 217 Å². The Bertz CT molecular complexity index is 478. The number of hydrogen-bond donors (Lipinski definition) is 1. The van der Waals surface area contributed by atoms with E-state index in [9.17, 15) is 9.90 Å². The number of aliphatic hydroxyl groups is 1. The highest BCUT2D eigenvalue weighted by Gasteiger charge is 2.32. The molecule has 1 unspecified atom stereocenters. The van der Waals surface area contributed by atoms with Gasteiger partial charge >= 0.3 is 0 Å². The molecule has 5 nitrogen and oxygen atoms in total. The number of nitrogens with zero attached hydrogens (tertiary/aromatic N) is 1. The maximum absolute atomic E-state index is 11.9. The minimum Gasteiger partial charge on any atom is -0.342 e.